The zero-order chi connectivity index (χ0) is 13.1. The Hall–Kier alpha value is -1.36. The Labute approximate surface area is 113 Å². The van der Waals surface area contributed by atoms with Gasteiger partial charge in [-0.1, -0.05) is 16.7 Å². The lowest BCUT2D eigenvalue weighted by molar-refractivity contribution is 0.0600. The van der Waals surface area contributed by atoms with Crippen molar-refractivity contribution in [1.82, 2.24) is 0 Å². The standard InChI is InChI=1S/C11H10ClN3O2S/c1-17-11(16)6-5-10-7(4-8(6)12)9(14-15-13)2-3-18-10/h4-5,9H,2-3H2,1H3/t9-/m0/s1. The summed E-state index contributed by atoms with van der Waals surface area (Å²) >= 11 is 7.67. The summed E-state index contributed by atoms with van der Waals surface area (Å²) in [6.07, 6.45) is 0.773. The summed E-state index contributed by atoms with van der Waals surface area (Å²) in [6.45, 7) is 0. The number of hydrogen-bond acceptors (Lipinski definition) is 4. The zero-order valence-corrected chi connectivity index (χ0v) is 11.2. The SMILES string of the molecule is COC(=O)c1cc2c(cc1Cl)[C@@H](N=[N+]=[N-])CCS2. The average molecular weight is 284 g/mol. The van der Waals surface area contributed by atoms with Gasteiger partial charge in [0.1, 0.15) is 0 Å². The number of rotatable bonds is 2. The Morgan fingerprint density at radius 1 is 1.67 bits per heavy atom. The maximum Gasteiger partial charge on any atom is 0.339 e. The summed E-state index contributed by atoms with van der Waals surface area (Å²) in [5.41, 5.74) is 9.76. The van der Waals surface area contributed by atoms with E-state index in [0.29, 0.717) is 10.6 Å². The Balaban J connectivity index is 2.50. The molecule has 1 atom stereocenters. The van der Waals surface area contributed by atoms with Crippen molar-refractivity contribution in [2.75, 3.05) is 12.9 Å². The van der Waals surface area contributed by atoms with Crippen LogP contribution in [0.4, 0.5) is 0 Å². The number of thioether (sulfide) groups is 1. The maximum atomic E-state index is 11.5. The van der Waals surface area contributed by atoms with E-state index in [9.17, 15) is 4.79 Å². The lowest BCUT2D eigenvalue weighted by Crippen LogP contribution is -2.08. The van der Waals surface area contributed by atoms with Gasteiger partial charge in [-0.15, -0.1) is 11.8 Å². The molecule has 18 heavy (non-hydrogen) atoms. The van der Waals surface area contributed by atoms with Gasteiger partial charge >= 0.3 is 5.97 Å². The van der Waals surface area contributed by atoms with Crippen LogP contribution in [0.5, 0.6) is 0 Å². The second-order valence-electron chi connectivity index (χ2n) is 3.72. The largest absolute Gasteiger partial charge is 0.465 e. The van der Waals surface area contributed by atoms with Crippen molar-refractivity contribution in [3.8, 4) is 0 Å². The summed E-state index contributed by atoms with van der Waals surface area (Å²) in [7, 11) is 1.31. The van der Waals surface area contributed by atoms with E-state index < -0.39 is 5.97 Å². The van der Waals surface area contributed by atoms with E-state index in [2.05, 4.69) is 14.8 Å². The summed E-state index contributed by atoms with van der Waals surface area (Å²) < 4.78 is 4.67. The van der Waals surface area contributed by atoms with Crippen LogP contribution in [0, 0.1) is 0 Å². The molecule has 0 saturated carbocycles. The van der Waals surface area contributed by atoms with Crippen LogP contribution in [0.15, 0.2) is 22.1 Å². The first-order valence-electron chi connectivity index (χ1n) is 5.26. The second kappa shape index (κ2) is 5.52. The zero-order valence-electron chi connectivity index (χ0n) is 9.59. The molecule has 0 fully saturated rings. The minimum Gasteiger partial charge on any atom is -0.465 e. The van der Waals surface area contributed by atoms with Gasteiger partial charge in [-0.3, -0.25) is 0 Å². The third-order valence-corrected chi connectivity index (χ3v) is 4.12. The van der Waals surface area contributed by atoms with Gasteiger partial charge in [-0.05, 0) is 35.4 Å². The van der Waals surface area contributed by atoms with Gasteiger partial charge in [0.25, 0.3) is 0 Å². The number of methoxy groups -OCH3 is 1. The monoisotopic (exact) mass is 283 g/mol. The fourth-order valence-electron chi connectivity index (χ4n) is 1.84. The average Bonchev–Trinajstić information content (AvgIpc) is 2.38. The number of hydrogen-bond donors (Lipinski definition) is 0. The fourth-order valence-corrected chi connectivity index (χ4v) is 3.21. The van der Waals surface area contributed by atoms with Gasteiger partial charge in [-0.25, -0.2) is 4.79 Å². The van der Waals surface area contributed by atoms with Crippen LogP contribution in [-0.2, 0) is 4.74 Å². The van der Waals surface area contributed by atoms with Crippen LogP contribution in [0.1, 0.15) is 28.4 Å². The Morgan fingerprint density at radius 2 is 2.44 bits per heavy atom. The van der Waals surface area contributed by atoms with Crippen LogP contribution in [-0.4, -0.2) is 18.8 Å². The molecule has 1 aliphatic heterocycles. The van der Waals surface area contributed by atoms with Crippen molar-refractivity contribution >= 4 is 29.3 Å². The molecule has 0 aromatic heterocycles. The molecule has 7 heteroatoms. The molecular weight excluding hydrogens is 274 g/mol. The first-order valence-corrected chi connectivity index (χ1v) is 6.62. The van der Waals surface area contributed by atoms with E-state index in [-0.39, 0.29) is 6.04 Å². The van der Waals surface area contributed by atoms with Crippen LogP contribution in [0.25, 0.3) is 10.4 Å². The summed E-state index contributed by atoms with van der Waals surface area (Å²) in [5, 5.41) is 4.07. The third kappa shape index (κ3) is 2.41. The number of esters is 1. The molecule has 0 saturated heterocycles. The number of ether oxygens (including phenoxy) is 1. The predicted octanol–water partition coefficient (Wildman–Crippen LogP) is 3.97. The molecule has 0 N–H and O–H groups in total. The van der Waals surface area contributed by atoms with Gasteiger partial charge in [-0.2, -0.15) is 0 Å². The topological polar surface area (TPSA) is 75.1 Å². The van der Waals surface area contributed by atoms with Crippen molar-refractivity contribution in [1.29, 1.82) is 0 Å². The Morgan fingerprint density at radius 3 is 3.11 bits per heavy atom. The maximum absolute atomic E-state index is 11.5. The molecule has 0 aliphatic carbocycles. The van der Waals surface area contributed by atoms with Crippen molar-refractivity contribution < 1.29 is 9.53 Å². The highest BCUT2D eigenvalue weighted by Crippen LogP contribution is 2.41. The highest BCUT2D eigenvalue weighted by molar-refractivity contribution is 7.99. The van der Waals surface area contributed by atoms with Gasteiger partial charge in [0, 0.05) is 9.81 Å². The van der Waals surface area contributed by atoms with Crippen LogP contribution >= 0.6 is 23.4 Å². The van der Waals surface area contributed by atoms with E-state index in [1.807, 2.05) is 0 Å². The first kappa shape index (κ1) is 13.1. The Kier molecular flexibility index (Phi) is 4.01. The van der Waals surface area contributed by atoms with Gasteiger partial charge in [0.15, 0.2) is 0 Å². The van der Waals surface area contributed by atoms with E-state index in [1.165, 1.54) is 7.11 Å². The highest BCUT2D eigenvalue weighted by atomic mass is 35.5. The van der Waals surface area contributed by atoms with Crippen molar-refractivity contribution in [2.24, 2.45) is 5.11 Å². The first-order chi connectivity index (χ1) is 8.67. The van der Waals surface area contributed by atoms with Gasteiger partial charge < -0.3 is 4.74 Å². The van der Waals surface area contributed by atoms with Crippen LogP contribution in [0.2, 0.25) is 5.02 Å². The number of azide groups is 1. The number of carbonyl (C=O) groups is 1. The molecule has 0 spiro atoms. The Bertz CT molecular complexity index is 543. The van der Waals surface area contributed by atoms with E-state index in [0.717, 1.165) is 22.6 Å². The highest BCUT2D eigenvalue weighted by Gasteiger charge is 2.23. The molecule has 1 aromatic carbocycles. The van der Waals surface area contributed by atoms with Gasteiger partial charge in [0.2, 0.25) is 0 Å². The number of carbonyl (C=O) groups excluding carboxylic acids is 1. The van der Waals surface area contributed by atoms with E-state index in [4.69, 9.17) is 17.1 Å². The fraction of sp³-hybridized carbons (Fsp3) is 0.364. The number of nitrogens with zero attached hydrogens (tertiary/aromatic N) is 3. The third-order valence-electron chi connectivity index (χ3n) is 2.70. The number of fused-ring (bicyclic) bond motifs is 1. The molecule has 0 bridgehead atoms. The molecular formula is C11H10ClN3O2S. The minimum absolute atomic E-state index is 0.213. The molecule has 0 unspecified atom stereocenters. The van der Waals surface area contributed by atoms with E-state index in [1.54, 1.807) is 23.9 Å². The van der Waals surface area contributed by atoms with Crippen LogP contribution < -0.4 is 0 Å². The molecule has 1 aromatic rings. The van der Waals surface area contributed by atoms with Crippen molar-refractivity contribution in [2.45, 2.75) is 17.4 Å². The van der Waals surface area contributed by atoms with Crippen molar-refractivity contribution in [3.63, 3.8) is 0 Å². The lowest BCUT2D eigenvalue weighted by Gasteiger charge is -2.22. The van der Waals surface area contributed by atoms with E-state index >= 15 is 0 Å². The summed E-state index contributed by atoms with van der Waals surface area (Å²) in [5.74, 6) is 0.383. The predicted molar refractivity (Wildman–Crippen MR) is 70.0 cm³/mol. The lowest BCUT2D eigenvalue weighted by atomic mass is 10.0. The summed E-state index contributed by atoms with van der Waals surface area (Å²) in [4.78, 5) is 15.3. The molecule has 2 rings (SSSR count). The van der Waals surface area contributed by atoms with Gasteiger partial charge in [0.05, 0.1) is 23.7 Å². The smallest absolute Gasteiger partial charge is 0.339 e. The molecule has 1 heterocycles. The number of halogens is 1. The molecule has 0 radical (unpaired) electrons. The molecule has 5 nitrogen and oxygen atoms in total. The van der Waals surface area contributed by atoms with Crippen molar-refractivity contribution in [3.05, 3.63) is 38.7 Å². The summed E-state index contributed by atoms with van der Waals surface area (Å²) in [6, 6.07) is 3.18. The quantitative estimate of drug-likeness (QED) is 0.357. The molecule has 0 amide bonds. The minimum atomic E-state index is -0.464. The normalized spacial score (nSPS) is 17.6. The van der Waals surface area contributed by atoms with Crippen LogP contribution in [0.3, 0.4) is 0 Å². The molecule has 94 valence electrons. The molecule has 1 aliphatic rings. The number of benzene rings is 1. The second-order valence-corrected chi connectivity index (χ2v) is 5.26.